The Labute approximate surface area is 107 Å². The lowest BCUT2D eigenvalue weighted by Crippen LogP contribution is -2.51. The molecule has 0 aromatic rings. The molecule has 3 heteroatoms. The highest BCUT2D eigenvalue weighted by molar-refractivity contribution is 6.48. The zero-order valence-electron chi connectivity index (χ0n) is 11.3. The van der Waals surface area contributed by atoms with Crippen molar-refractivity contribution in [3.63, 3.8) is 0 Å². The van der Waals surface area contributed by atoms with Crippen molar-refractivity contribution in [1.29, 1.82) is 0 Å². The molecule has 0 saturated heterocycles. The van der Waals surface area contributed by atoms with Gasteiger partial charge in [-0.25, -0.2) is 0 Å². The fourth-order valence-electron chi connectivity index (χ4n) is 5.17. The maximum Gasteiger partial charge on any atom is 0.327 e. The van der Waals surface area contributed by atoms with Crippen molar-refractivity contribution < 1.29 is 8.85 Å². The molecule has 0 aliphatic heterocycles. The molecule has 4 rings (SSSR count). The summed E-state index contributed by atoms with van der Waals surface area (Å²) in [6.07, 6.45) is 8.82. The lowest BCUT2D eigenvalue weighted by atomic mass is 9.56. The van der Waals surface area contributed by atoms with Gasteiger partial charge in [0.1, 0.15) is 0 Å². The Balaban J connectivity index is 1.79. The van der Waals surface area contributed by atoms with Crippen molar-refractivity contribution in [2.75, 3.05) is 13.2 Å². The minimum absolute atomic E-state index is 0.515. The van der Waals surface area contributed by atoms with Crippen LogP contribution in [0.5, 0.6) is 0 Å². The first-order chi connectivity index (χ1) is 8.25. The average molecular weight is 254 g/mol. The molecule has 0 aromatic heterocycles. The van der Waals surface area contributed by atoms with Gasteiger partial charge in [0.05, 0.1) is 0 Å². The molecule has 0 unspecified atom stereocenters. The summed E-state index contributed by atoms with van der Waals surface area (Å²) >= 11 is 0. The molecule has 0 atom stereocenters. The molecule has 0 radical (unpaired) electrons. The summed E-state index contributed by atoms with van der Waals surface area (Å²) in [7, 11) is -1.45. The Morgan fingerprint density at radius 3 is 1.65 bits per heavy atom. The Kier molecular flexibility index (Phi) is 3.35. The third kappa shape index (κ3) is 2.11. The monoisotopic (exact) mass is 254 g/mol. The summed E-state index contributed by atoms with van der Waals surface area (Å²) in [6.45, 7) is 5.94. The van der Waals surface area contributed by atoms with E-state index in [-0.39, 0.29) is 0 Å². The van der Waals surface area contributed by atoms with E-state index in [1.54, 1.807) is 0 Å². The van der Waals surface area contributed by atoms with Gasteiger partial charge in [0, 0.05) is 18.3 Å². The van der Waals surface area contributed by atoms with Crippen molar-refractivity contribution in [2.45, 2.75) is 57.4 Å². The highest BCUT2D eigenvalue weighted by atomic mass is 28.3. The van der Waals surface area contributed by atoms with Crippen LogP contribution < -0.4 is 0 Å². The van der Waals surface area contributed by atoms with Crippen LogP contribution in [-0.4, -0.2) is 22.5 Å². The van der Waals surface area contributed by atoms with Gasteiger partial charge in [-0.05, 0) is 70.1 Å². The lowest BCUT2D eigenvalue weighted by Gasteiger charge is -2.58. The fourth-order valence-corrected chi connectivity index (χ4v) is 8.16. The predicted octanol–water partition coefficient (Wildman–Crippen LogP) is 3.25. The number of hydrogen-bond donors (Lipinski definition) is 0. The summed E-state index contributed by atoms with van der Waals surface area (Å²) in [5, 5.41) is 0.515. The van der Waals surface area contributed by atoms with Crippen molar-refractivity contribution in [3.8, 4) is 0 Å². The van der Waals surface area contributed by atoms with Crippen LogP contribution in [0.4, 0.5) is 0 Å². The topological polar surface area (TPSA) is 18.5 Å². The summed E-state index contributed by atoms with van der Waals surface area (Å²) in [6, 6.07) is 0. The van der Waals surface area contributed by atoms with Gasteiger partial charge in [-0.1, -0.05) is 0 Å². The van der Waals surface area contributed by atoms with Gasteiger partial charge in [-0.15, -0.1) is 0 Å². The van der Waals surface area contributed by atoms with Crippen LogP contribution >= 0.6 is 0 Å². The molecule has 4 aliphatic carbocycles. The zero-order valence-corrected chi connectivity index (χ0v) is 12.4. The molecular formula is C14H26O2Si. The predicted molar refractivity (Wildman–Crippen MR) is 71.3 cm³/mol. The van der Waals surface area contributed by atoms with Crippen LogP contribution in [0.25, 0.3) is 0 Å². The number of rotatable bonds is 5. The van der Waals surface area contributed by atoms with E-state index in [4.69, 9.17) is 8.85 Å². The minimum atomic E-state index is -1.45. The largest absolute Gasteiger partial charge is 0.397 e. The van der Waals surface area contributed by atoms with E-state index in [9.17, 15) is 0 Å². The summed E-state index contributed by atoms with van der Waals surface area (Å²) < 4.78 is 12.2. The van der Waals surface area contributed by atoms with Crippen LogP contribution in [0.1, 0.15) is 52.4 Å². The van der Waals surface area contributed by atoms with Crippen molar-refractivity contribution in [3.05, 3.63) is 0 Å². The maximum atomic E-state index is 6.08. The summed E-state index contributed by atoms with van der Waals surface area (Å²) in [5.74, 6) is 3.03. The van der Waals surface area contributed by atoms with E-state index in [0.717, 1.165) is 31.0 Å². The summed E-state index contributed by atoms with van der Waals surface area (Å²) in [5.41, 5.74) is 0. The molecule has 0 heterocycles. The zero-order chi connectivity index (χ0) is 11.9. The molecule has 4 bridgehead atoms. The van der Waals surface area contributed by atoms with E-state index >= 15 is 0 Å². The van der Waals surface area contributed by atoms with Gasteiger partial charge in [-0.2, -0.15) is 0 Å². The van der Waals surface area contributed by atoms with Crippen LogP contribution in [0, 0.1) is 17.8 Å². The maximum absolute atomic E-state index is 6.08. The Morgan fingerprint density at radius 1 is 0.882 bits per heavy atom. The first kappa shape index (κ1) is 12.2. The SMILES string of the molecule is CCO[SiH](OCC)C12CC3CC(CC(C3)C1)C2. The lowest BCUT2D eigenvalue weighted by molar-refractivity contribution is 0.00495. The van der Waals surface area contributed by atoms with Crippen LogP contribution in [0.3, 0.4) is 0 Å². The minimum Gasteiger partial charge on any atom is -0.397 e. The van der Waals surface area contributed by atoms with Gasteiger partial charge in [0.2, 0.25) is 0 Å². The third-order valence-corrected chi connectivity index (χ3v) is 8.20. The van der Waals surface area contributed by atoms with E-state index in [1.165, 1.54) is 38.5 Å². The second-order valence-electron chi connectivity index (χ2n) is 6.52. The quantitative estimate of drug-likeness (QED) is 0.701. The highest BCUT2D eigenvalue weighted by Gasteiger charge is 2.56. The van der Waals surface area contributed by atoms with E-state index < -0.39 is 9.28 Å². The Bertz CT molecular complexity index is 238. The second kappa shape index (κ2) is 4.67. The molecule has 0 amide bonds. The van der Waals surface area contributed by atoms with E-state index in [1.807, 2.05) is 0 Å². The molecule has 98 valence electrons. The third-order valence-electron chi connectivity index (χ3n) is 5.22. The molecule has 4 fully saturated rings. The first-order valence-electron chi connectivity index (χ1n) is 7.49. The van der Waals surface area contributed by atoms with Gasteiger partial charge in [-0.3, -0.25) is 0 Å². The normalized spacial score (nSPS) is 43.6. The molecule has 4 aliphatic rings. The fraction of sp³-hybridized carbons (Fsp3) is 1.00. The molecular weight excluding hydrogens is 228 g/mol. The second-order valence-corrected chi connectivity index (χ2v) is 9.08. The Hall–Kier alpha value is 0.137. The molecule has 0 aromatic carbocycles. The van der Waals surface area contributed by atoms with Crippen molar-refractivity contribution >= 4 is 9.28 Å². The molecule has 2 nitrogen and oxygen atoms in total. The van der Waals surface area contributed by atoms with E-state index in [0.29, 0.717) is 5.04 Å². The Morgan fingerprint density at radius 2 is 1.29 bits per heavy atom. The molecule has 0 N–H and O–H groups in total. The van der Waals surface area contributed by atoms with Gasteiger partial charge in [0.25, 0.3) is 0 Å². The first-order valence-corrected chi connectivity index (χ1v) is 9.01. The van der Waals surface area contributed by atoms with Crippen LogP contribution in [0.2, 0.25) is 5.04 Å². The highest BCUT2D eigenvalue weighted by Crippen LogP contribution is 2.65. The van der Waals surface area contributed by atoms with Crippen molar-refractivity contribution in [1.82, 2.24) is 0 Å². The average Bonchev–Trinajstić information content (AvgIpc) is 2.27. The molecule has 17 heavy (non-hydrogen) atoms. The molecule has 4 saturated carbocycles. The molecule has 0 spiro atoms. The standard InChI is InChI=1S/C14H26O2Si/c1-3-15-17(16-4-2)14-8-11-5-12(9-14)7-13(6-11)10-14/h11-13,17H,3-10H2,1-2H3. The number of hydrogen-bond acceptors (Lipinski definition) is 2. The smallest absolute Gasteiger partial charge is 0.327 e. The van der Waals surface area contributed by atoms with Gasteiger partial charge >= 0.3 is 9.28 Å². The van der Waals surface area contributed by atoms with Crippen molar-refractivity contribution in [2.24, 2.45) is 17.8 Å². The van der Waals surface area contributed by atoms with Crippen LogP contribution in [0.15, 0.2) is 0 Å². The van der Waals surface area contributed by atoms with Gasteiger partial charge in [0.15, 0.2) is 0 Å². The summed E-state index contributed by atoms with van der Waals surface area (Å²) in [4.78, 5) is 0. The van der Waals surface area contributed by atoms with Gasteiger partial charge < -0.3 is 8.85 Å². The van der Waals surface area contributed by atoms with Crippen LogP contribution in [-0.2, 0) is 8.85 Å². The van der Waals surface area contributed by atoms with E-state index in [2.05, 4.69) is 13.8 Å².